The van der Waals surface area contributed by atoms with Gasteiger partial charge in [-0.3, -0.25) is 20.2 Å². The molecule has 0 fully saturated rings. The molecule has 1 aromatic rings. The van der Waals surface area contributed by atoms with Gasteiger partial charge in [0.1, 0.15) is 5.69 Å². The van der Waals surface area contributed by atoms with Crippen LogP contribution in [0.2, 0.25) is 0 Å². The van der Waals surface area contributed by atoms with Crippen LogP contribution in [0, 0.1) is 20.2 Å². The molecule has 104 valence electrons. The Bertz CT molecular complexity index is 476. The van der Waals surface area contributed by atoms with E-state index in [1.165, 1.54) is 17.0 Å². The third-order valence-corrected chi connectivity index (χ3v) is 2.56. The van der Waals surface area contributed by atoms with Crippen LogP contribution >= 0.6 is 0 Å². The summed E-state index contributed by atoms with van der Waals surface area (Å²) in [5, 5.41) is 24.4. The van der Waals surface area contributed by atoms with E-state index in [2.05, 4.69) is 5.32 Å². The van der Waals surface area contributed by atoms with Crippen molar-refractivity contribution >= 4 is 17.1 Å². The number of non-ortho nitro benzene ring substituents is 1. The molecular weight excluding hydrogens is 252 g/mol. The van der Waals surface area contributed by atoms with Crippen LogP contribution in [0.5, 0.6) is 0 Å². The Morgan fingerprint density at radius 2 is 1.89 bits per heavy atom. The minimum atomic E-state index is -0.647. The average Bonchev–Trinajstić information content (AvgIpc) is 2.34. The molecule has 0 radical (unpaired) electrons. The zero-order valence-electron chi connectivity index (χ0n) is 10.9. The van der Waals surface area contributed by atoms with Crippen molar-refractivity contribution in [1.82, 2.24) is 0 Å². The van der Waals surface area contributed by atoms with Crippen molar-refractivity contribution in [2.24, 2.45) is 0 Å². The molecule has 0 aliphatic heterocycles. The smallest absolute Gasteiger partial charge is 0.299 e. The molecule has 19 heavy (non-hydrogen) atoms. The quantitative estimate of drug-likeness (QED) is 0.425. The minimum absolute atomic E-state index is 0.272. The summed E-state index contributed by atoms with van der Waals surface area (Å²) in [6.07, 6.45) is 0.858. The van der Waals surface area contributed by atoms with Crippen molar-refractivity contribution in [2.45, 2.75) is 6.42 Å². The van der Waals surface area contributed by atoms with E-state index in [4.69, 9.17) is 0 Å². The number of nitro groups is 2. The molecule has 1 aromatic carbocycles. The van der Waals surface area contributed by atoms with Crippen molar-refractivity contribution in [3.8, 4) is 0 Å². The second-order valence-corrected chi connectivity index (χ2v) is 4.45. The van der Waals surface area contributed by atoms with Gasteiger partial charge in [0.25, 0.3) is 11.4 Å². The highest BCUT2D eigenvalue weighted by Crippen LogP contribution is 2.28. The Balaban J connectivity index is 2.77. The first-order valence-electron chi connectivity index (χ1n) is 5.87. The Kier molecular flexibility index (Phi) is 5.19. The number of hydrogen-bond acceptors (Lipinski definition) is 5. The van der Waals surface area contributed by atoms with Crippen molar-refractivity contribution < 1.29 is 14.7 Å². The molecule has 0 spiro atoms. The highest BCUT2D eigenvalue weighted by atomic mass is 16.6. The summed E-state index contributed by atoms with van der Waals surface area (Å²) >= 11 is 0. The van der Waals surface area contributed by atoms with Crippen LogP contribution in [0.4, 0.5) is 17.1 Å². The molecule has 2 N–H and O–H groups in total. The SMILES string of the molecule is C[NH+](C)CCCNc1ccc([N+](=O)[O-])cc1[N+](=O)[O-]. The van der Waals surface area contributed by atoms with Crippen LogP contribution in [0.25, 0.3) is 0 Å². The number of benzene rings is 1. The summed E-state index contributed by atoms with van der Waals surface area (Å²) < 4.78 is 0. The summed E-state index contributed by atoms with van der Waals surface area (Å²) in [5.74, 6) is 0. The van der Waals surface area contributed by atoms with E-state index in [-0.39, 0.29) is 11.4 Å². The molecule has 0 atom stereocenters. The van der Waals surface area contributed by atoms with Crippen molar-refractivity contribution in [1.29, 1.82) is 0 Å². The van der Waals surface area contributed by atoms with Crippen LogP contribution < -0.4 is 10.2 Å². The Hall–Kier alpha value is -2.22. The fourth-order valence-electron chi connectivity index (χ4n) is 1.60. The maximum Gasteiger partial charge on any atom is 0.299 e. The predicted octanol–water partition coefficient (Wildman–Crippen LogP) is 0.450. The fourth-order valence-corrected chi connectivity index (χ4v) is 1.60. The molecule has 0 aliphatic carbocycles. The fraction of sp³-hybridized carbons (Fsp3) is 0.455. The van der Waals surface area contributed by atoms with Crippen LogP contribution in [-0.2, 0) is 0 Å². The molecule has 0 bridgehead atoms. The number of quaternary nitrogens is 1. The first kappa shape index (κ1) is 14.8. The van der Waals surface area contributed by atoms with Crippen LogP contribution in [0.3, 0.4) is 0 Å². The van der Waals surface area contributed by atoms with Gasteiger partial charge in [0.05, 0.1) is 36.6 Å². The largest absolute Gasteiger partial charge is 0.379 e. The number of anilines is 1. The number of hydrogen-bond donors (Lipinski definition) is 2. The molecule has 0 aliphatic rings. The summed E-state index contributed by atoms with van der Waals surface area (Å²) in [6, 6.07) is 3.60. The van der Waals surface area contributed by atoms with Gasteiger partial charge in [-0.25, -0.2) is 0 Å². The van der Waals surface area contributed by atoms with Gasteiger partial charge in [-0.15, -0.1) is 0 Å². The van der Waals surface area contributed by atoms with E-state index in [0.29, 0.717) is 12.2 Å². The van der Waals surface area contributed by atoms with Gasteiger partial charge in [-0.05, 0) is 6.07 Å². The summed E-state index contributed by atoms with van der Waals surface area (Å²) in [7, 11) is 4.04. The standard InChI is InChI=1S/C11H16N4O4/c1-13(2)7-3-6-12-10-5-4-9(14(16)17)8-11(10)15(18)19/h4-5,8,12H,3,6-7H2,1-2H3/p+1. The molecule has 0 saturated carbocycles. The second-order valence-electron chi connectivity index (χ2n) is 4.45. The molecule has 0 unspecified atom stereocenters. The monoisotopic (exact) mass is 269 g/mol. The van der Waals surface area contributed by atoms with E-state index in [9.17, 15) is 20.2 Å². The number of nitrogens with one attached hydrogen (secondary N) is 2. The Labute approximate surface area is 110 Å². The summed E-state index contributed by atoms with van der Waals surface area (Å²) in [4.78, 5) is 21.5. The van der Waals surface area contributed by atoms with Gasteiger partial charge in [-0.2, -0.15) is 0 Å². The lowest BCUT2D eigenvalue weighted by Gasteiger charge is -2.09. The lowest BCUT2D eigenvalue weighted by Crippen LogP contribution is -3.05. The Morgan fingerprint density at radius 1 is 1.21 bits per heavy atom. The molecule has 0 heterocycles. The van der Waals surface area contributed by atoms with Crippen molar-refractivity contribution in [3.63, 3.8) is 0 Å². The van der Waals surface area contributed by atoms with Crippen LogP contribution in [0.1, 0.15) is 6.42 Å². The molecule has 1 rings (SSSR count). The molecule has 0 saturated heterocycles. The third kappa shape index (κ3) is 4.51. The molecular formula is C11H17N4O4+. The highest BCUT2D eigenvalue weighted by molar-refractivity contribution is 5.65. The maximum absolute atomic E-state index is 10.9. The normalized spacial score (nSPS) is 10.5. The van der Waals surface area contributed by atoms with Gasteiger partial charge < -0.3 is 10.2 Å². The van der Waals surface area contributed by atoms with Gasteiger partial charge >= 0.3 is 0 Å². The van der Waals surface area contributed by atoms with Gasteiger partial charge in [0.2, 0.25) is 0 Å². The molecule has 8 nitrogen and oxygen atoms in total. The van der Waals surface area contributed by atoms with E-state index in [1.807, 2.05) is 14.1 Å². The highest BCUT2D eigenvalue weighted by Gasteiger charge is 2.18. The van der Waals surface area contributed by atoms with Crippen LogP contribution in [-0.4, -0.2) is 37.0 Å². The first-order valence-corrected chi connectivity index (χ1v) is 5.87. The van der Waals surface area contributed by atoms with Gasteiger partial charge in [0, 0.05) is 19.0 Å². The molecule has 0 amide bonds. The zero-order chi connectivity index (χ0) is 14.4. The van der Waals surface area contributed by atoms with Crippen molar-refractivity contribution in [3.05, 3.63) is 38.4 Å². The Morgan fingerprint density at radius 3 is 2.42 bits per heavy atom. The maximum atomic E-state index is 10.9. The number of rotatable bonds is 7. The topological polar surface area (TPSA) is 103 Å². The second kappa shape index (κ2) is 6.64. The lowest BCUT2D eigenvalue weighted by molar-refractivity contribution is -0.858. The zero-order valence-corrected chi connectivity index (χ0v) is 10.9. The van der Waals surface area contributed by atoms with E-state index < -0.39 is 9.85 Å². The minimum Gasteiger partial charge on any atom is -0.379 e. The predicted molar refractivity (Wildman–Crippen MR) is 70.5 cm³/mol. The molecule has 8 heteroatoms. The summed E-state index contributed by atoms with van der Waals surface area (Å²) in [6.45, 7) is 1.53. The van der Waals surface area contributed by atoms with E-state index in [0.717, 1.165) is 19.0 Å². The van der Waals surface area contributed by atoms with E-state index >= 15 is 0 Å². The number of nitrogens with zero attached hydrogens (tertiary/aromatic N) is 2. The van der Waals surface area contributed by atoms with E-state index in [1.54, 1.807) is 0 Å². The molecule has 0 aromatic heterocycles. The summed E-state index contributed by atoms with van der Waals surface area (Å²) in [5.41, 5.74) is -0.245. The number of nitro benzene ring substituents is 2. The lowest BCUT2D eigenvalue weighted by atomic mass is 10.2. The van der Waals surface area contributed by atoms with Gasteiger partial charge in [0.15, 0.2) is 0 Å². The van der Waals surface area contributed by atoms with Gasteiger partial charge in [-0.1, -0.05) is 0 Å². The average molecular weight is 269 g/mol. The first-order chi connectivity index (χ1) is 8.91. The third-order valence-electron chi connectivity index (χ3n) is 2.56. The van der Waals surface area contributed by atoms with Crippen molar-refractivity contribution in [2.75, 3.05) is 32.5 Å². The van der Waals surface area contributed by atoms with Crippen LogP contribution in [0.15, 0.2) is 18.2 Å².